The van der Waals surface area contributed by atoms with Crippen molar-refractivity contribution in [2.45, 2.75) is 26.4 Å². The maximum absolute atomic E-state index is 11.8. The number of ether oxygens (including phenoxy) is 3. The molecule has 0 saturated carbocycles. The maximum Gasteiger partial charge on any atom is 0.331 e. The molecule has 20 heavy (non-hydrogen) atoms. The topological polar surface area (TPSA) is 44.8 Å². The van der Waals surface area contributed by atoms with Crippen LogP contribution in [-0.2, 0) is 9.53 Å². The quantitative estimate of drug-likeness (QED) is 0.468. The fourth-order valence-corrected chi connectivity index (χ4v) is 1.93. The van der Waals surface area contributed by atoms with Crippen LogP contribution < -0.4 is 9.47 Å². The number of allylic oxidation sites excluding steroid dienone is 1. The van der Waals surface area contributed by atoms with Gasteiger partial charge in [-0.2, -0.15) is 0 Å². The minimum absolute atomic E-state index is 0.225. The monoisotopic (exact) mass is 274 g/mol. The van der Waals surface area contributed by atoms with E-state index >= 15 is 0 Å². The highest BCUT2D eigenvalue weighted by Crippen LogP contribution is 2.35. The second-order valence-electron chi connectivity index (χ2n) is 4.78. The number of benzene rings is 1. The van der Waals surface area contributed by atoms with E-state index in [0.717, 1.165) is 11.1 Å². The van der Waals surface area contributed by atoms with E-state index in [9.17, 15) is 4.79 Å². The molecule has 0 bridgehead atoms. The lowest BCUT2D eigenvalue weighted by molar-refractivity contribution is -0.143. The lowest BCUT2D eigenvalue weighted by atomic mass is 10.1. The zero-order chi connectivity index (χ0) is 14.5. The third-order valence-electron chi connectivity index (χ3n) is 2.81. The zero-order valence-electron chi connectivity index (χ0n) is 11.7. The third kappa shape index (κ3) is 3.41. The first-order chi connectivity index (χ1) is 9.60. The van der Waals surface area contributed by atoms with Crippen molar-refractivity contribution in [2.75, 3.05) is 6.79 Å². The molecule has 0 saturated heterocycles. The van der Waals surface area contributed by atoms with Gasteiger partial charge >= 0.3 is 5.97 Å². The fourth-order valence-electron chi connectivity index (χ4n) is 1.93. The normalized spacial score (nSPS) is 13.5. The Hall–Kier alpha value is -2.23. The second kappa shape index (κ2) is 6.28. The molecule has 0 spiro atoms. The van der Waals surface area contributed by atoms with Gasteiger partial charge in [0.2, 0.25) is 6.79 Å². The van der Waals surface area contributed by atoms with Crippen LogP contribution in [0.15, 0.2) is 42.5 Å². The van der Waals surface area contributed by atoms with Gasteiger partial charge in [0.1, 0.15) is 6.10 Å². The molecule has 0 radical (unpaired) electrons. The Kier molecular flexibility index (Phi) is 4.45. The maximum atomic E-state index is 11.8. The first-order valence-electron chi connectivity index (χ1n) is 6.46. The molecule has 4 nitrogen and oxygen atoms in total. The smallest absolute Gasteiger partial charge is 0.331 e. The van der Waals surface area contributed by atoms with Crippen LogP contribution >= 0.6 is 0 Å². The zero-order valence-corrected chi connectivity index (χ0v) is 11.7. The van der Waals surface area contributed by atoms with Crippen molar-refractivity contribution in [1.29, 1.82) is 0 Å². The summed E-state index contributed by atoms with van der Waals surface area (Å²) in [6, 6.07) is 5.53. The molecule has 4 heteroatoms. The molecule has 0 aromatic heterocycles. The van der Waals surface area contributed by atoms with E-state index in [4.69, 9.17) is 14.2 Å². The lowest BCUT2D eigenvalue weighted by Gasteiger charge is -2.16. The molecule has 0 fully saturated rings. The van der Waals surface area contributed by atoms with E-state index in [1.807, 2.05) is 32.0 Å². The van der Waals surface area contributed by atoms with E-state index < -0.39 is 0 Å². The number of hydrogen-bond donors (Lipinski definition) is 0. The molecular weight excluding hydrogens is 256 g/mol. The van der Waals surface area contributed by atoms with Gasteiger partial charge in [0, 0.05) is 12.5 Å². The van der Waals surface area contributed by atoms with E-state index in [0.29, 0.717) is 17.9 Å². The summed E-state index contributed by atoms with van der Waals surface area (Å²) in [5.74, 6) is 1.03. The molecule has 2 rings (SSSR count). The molecule has 106 valence electrons. The predicted octanol–water partition coefficient (Wildman–Crippen LogP) is 3.54. The Morgan fingerprint density at radius 1 is 1.40 bits per heavy atom. The highest BCUT2D eigenvalue weighted by atomic mass is 16.7. The van der Waals surface area contributed by atoms with Crippen LogP contribution in [0, 0.1) is 0 Å². The van der Waals surface area contributed by atoms with Crippen LogP contribution in [0.5, 0.6) is 11.5 Å². The summed E-state index contributed by atoms with van der Waals surface area (Å²) in [6.45, 7) is 7.63. The van der Waals surface area contributed by atoms with Crippen molar-refractivity contribution in [3.8, 4) is 11.5 Å². The number of carbonyl (C=O) groups is 1. The molecule has 0 aliphatic carbocycles. The molecule has 1 aliphatic heterocycles. The number of esters is 1. The molecule has 0 N–H and O–H groups in total. The first-order valence-corrected chi connectivity index (χ1v) is 6.46. The standard InChI is InChI=1S/C16H18O4/c1-4-5-13(20-16(17)8-11(2)3)12-6-7-14-15(9-12)19-10-18-14/h4,6-9,13H,1,5,10H2,2-3H3. The minimum atomic E-state index is -0.370. The Morgan fingerprint density at radius 3 is 2.85 bits per heavy atom. The molecule has 1 unspecified atom stereocenters. The van der Waals surface area contributed by atoms with Crippen LogP contribution in [0.2, 0.25) is 0 Å². The molecule has 1 aliphatic rings. The van der Waals surface area contributed by atoms with Crippen molar-refractivity contribution >= 4 is 5.97 Å². The Bertz CT molecular complexity index is 541. The molecule has 1 atom stereocenters. The van der Waals surface area contributed by atoms with Gasteiger partial charge in [-0.1, -0.05) is 17.7 Å². The third-order valence-corrected chi connectivity index (χ3v) is 2.81. The van der Waals surface area contributed by atoms with E-state index in [1.165, 1.54) is 6.08 Å². The number of carbonyl (C=O) groups excluding carboxylic acids is 1. The summed E-state index contributed by atoms with van der Waals surface area (Å²) in [6.07, 6.45) is 3.38. The largest absolute Gasteiger partial charge is 0.454 e. The average molecular weight is 274 g/mol. The molecule has 0 amide bonds. The van der Waals surface area contributed by atoms with Crippen molar-refractivity contribution in [3.05, 3.63) is 48.1 Å². The van der Waals surface area contributed by atoms with Crippen LogP contribution in [-0.4, -0.2) is 12.8 Å². The summed E-state index contributed by atoms with van der Waals surface area (Å²) in [5.41, 5.74) is 1.77. The van der Waals surface area contributed by atoms with Crippen molar-refractivity contribution in [2.24, 2.45) is 0 Å². The highest BCUT2D eigenvalue weighted by Gasteiger charge is 2.19. The number of hydrogen-bond acceptors (Lipinski definition) is 4. The van der Waals surface area contributed by atoms with Gasteiger partial charge in [-0.05, 0) is 31.5 Å². The summed E-state index contributed by atoms with van der Waals surface area (Å²) in [4.78, 5) is 11.8. The van der Waals surface area contributed by atoms with E-state index in [2.05, 4.69) is 6.58 Å². The van der Waals surface area contributed by atoms with E-state index in [-0.39, 0.29) is 18.9 Å². The van der Waals surface area contributed by atoms with Crippen molar-refractivity contribution in [1.82, 2.24) is 0 Å². The van der Waals surface area contributed by atoms with Crippen molar-refractivity contribution in [3.63, 3.8) is 0 Å². The molecule has 1 heterocycles. The van der Waals surface area contributed by atoms with Gasteiger partial charge in [-0.15, -0.1) is 6.58 Å². The molecule has 1 aromatic carbocycles. The predicted molar refractivity (Wildman–Crippen MR) is 75.6 cm³/mol. The minimum Gasteiger partial charge on any atom is -0.454 e. The van der Waals surface area contributed by atoms with Crippen molar-refractivity contribution < 1.29 is 19.0 Å². The lowest BCUT2D eigenvalue weighted by Crippen LogP contribution is -2.09. The Morgan fingerprint density at radius 2 is 2.15 bits per heavy atom. The Labute approximate surface area is 118 Å². The number of rotatable bonds is 5. The van der Waals surface area contributed by atoms with Gasteiger partial charge in [-0.3, -0.25) is 0 Å². The second-order valence-corrected chi connectivity index (χ2v) is 4.78. The van der Waals surface area contributed by atoms with Gasteiger partial charge in [0.05, 0.1) is 0 Å². The summed E-state index contributed by atoms with van der Waals surface area (Å²) in [5, 5.41) is 0. The van der Waals surface area contributed by atoms with Gasteiger partial charge < -0.3 is 14.2 Å². The van der Waals surface area contributed by atoms with E-state index in [1.54, 1.807) is 6.08 Å². The van der Waals surface area contributed by atoms with Crippen LogP contribution in [0.25, 0.3) is 0 Å². The number of fused-ring (bicyclic) bond motifs is 1. The average Bonchev–Trinajstić information content (AvgIpc) is 2.84. The fraction of sp³-hybridized carbons (Fsp3) is 0.312. The van der Waals surface area contributed by atoms with Gasteiger partial charge in [0.15, 0.2) is 11.5 Å². The van der Waals surface area contributed by atoms with Crippen LogP contribution in [0.1, 0.15) is 31.9 Å². The summed E-state index contributed by atoms with van der Waals surface area (Å²) in [7, 11) is 0. The summed E-state index contributed by atoms with van der Waals surface area (Å²) < 4.78 is 16.1. The van der Waals surface area contributed by atoms with Gasteiger partial charge in [-0.25, -0.2) is 4.79 Å². The first kappa shape index (κ1) is 14.2. The molecular formula is C16H18O4. The van der Waals surface area contributed by atoms with Crippen LogP contribution in [0.3, 0.4) is 0 Å². The summed E-state index contributed by atoms with van der Waals surface area (Å²) >= 11 is 0. The molecule has 1 aromatic rings. The van der Waals surface area contributed by atoms with Crippen LogP contribution in [0.4, 0.5) is 0 Å². The highest BCUT2D eigenvalue weighted by molar-refractivity contribution is 5.82. The Balaban J connectivity index is 2.18. The SMILES string of the molecule is C=CCC(OC(=O)C=C(C)C)c1ccc2c(c1)OCO2. The van der Waals surface area contributed by atoms with Gasteiger partial charge in [0.25, 0.3) is 0 Å².